The zero-order valence-electron chi connectivity index (χ0n) is 20.5. The summed E-state index contributed by atoms with van der Waals surface area (Å²) in [7, 11) is 0. The maximum absolute atomic E-state index is 13.9. The van der Waals surface area contributed by atoms with E-state index in [0.29, 0.717) is 12.1 Å². The minimum Gasteiger partial charge on any atom is -0.379 e. The summed E-state index contributed by atoms with van der Waals surface area (Å²) >= 11 is 1.59. The van der Waals surface area contributed by atoms with Crippen LogP contribution < -0.4 is 4.90 Å². The van der Waals surface area contributed by atoms with Crippen LogP contribution in [0.3, 0.4) is 0 Å². The number of aryl methyl sites for hydroxylation is 2. The minimum atomic E-state index is -0.0555. The molecule has 2 aromatic carbocycles. The van der Waals surface area contributed by atoms with Gasteiger partial charge in [0.1, 0.15) is 0 Å². The SMILES string of the molecule is Cc1cc(C)c2sc(N(CCCN3CCOCC3)C(=O)c3cnn(-c4ccccc4)c3C)nc2c1. The molecule has 2 aromatic heterocycles. The summed E-state index contributed by atoms with van der Waals surface area (Å²) in [4.78, 5) is 23.1. The molecule has 0 bridgehead atoms. The first-order valence-electron chi connectivity index (χ1n) is 12.1. The van der Waals surface area contributed by atoms with Crippen molar-refractivity contribution in [2.45, 2.75) is 27.2 Å². The molecule has 4 aromatic rings. The number of amides is 1. The molecule has 0 unspecified atom stereocenters. The van der Waals surface area contributed by atoms with Crippen LogP contribution in [-0.4, -0.2) is 65.0 Å². The third-order valence-electron chi connectivity index (χ3n) is 6.49. The van der Waals surface area contributed by atoms with Gasteiger partial charge < -0.3 is 4.74 Å². The van der Waals surface area contributed by atoms with Gasteiger partial charge >= 0.3 is 0 Å². The summed E-state index contributed by atoms with van der Waals surface area (Å²) in [6.45, 7) is 11.1. The van der Waals surface area contributed by atoms with Crippen molar-refractivity contribution in [1.29, 1.82) is 0 Å². The number of anilines is 1. The van der Waals surface area contributed by atoms with Crippen molar-refractivity contribution >= 4 is 32.6 Å². The van der Waals surface area contributed by atoms with Crippen LogP contribution in [0.4, 0.5) is 5.13 Å². The fourth-order valence-corrected chi connectivity index (χ4v) is 5.68. The molecule has 1 amide bonds. The Kier molecular flexibility index (Phi) is 6.95. The van der Waals surface area contributed by atoms with E-state index in [1.54, 1.807) is 17.5 Å². The van der Waals surface area contributed by atoms with Gasteiger partial charge in [0.15, 0.2) is 5.13 Å². The molecule has 1 saturated heterocycles. The summed E-state index contributed by atoms with van der Waals surface area (Å²) in [6.07, 6.45) is 2.55. The predicted octanol–water partition coefficient (Wildman–Crippen LogP) is 4.78. The third-order valence-corrected chi connectivity index (χ3v) is 7.72. The van der Waals surface area contributed by atoms with Gasteiger partial charge in [0.2, 0.25) is 0 Å². The molecule has 35 heavy (non-hydrogen) atoms. The first-order chi connectivity index (χ1) is 17.0. The van der Waals surface area contributed by atoms with Crippen molar-refractivity contribution in [2.75, 3.05) is 44.3 Å². The predicted molar refractivity (Wildman–Crippen MR) is 141 cm³/mol. The first kappa shape index (κ1) is 23.7. The van der Waals surface area contributed by atoms with Crippen LogP contribution in [0.2, 0.25) is 0 Å². The number of carbonyl (C=O) groups excluding carboxylic acids is 1. The number of benzene rings is 2. The van der Waals surface area contributed by atoms with Crippen LogP contribution in [-0.2, 0) is 4.74 Å². The molecule has 0 aliphatic carbocycles. The number of fused-ring (bicyclic) bond motifs is 1. The van der Waals surface area contributed by atoms with Crippen LogP contribution in [0.1, 0.15) is 33.6 Å². The average molecular weight is 490 g/mol. The molecule has 0 spiro atoms. The number of thiazole rings is 1. The van der Waals surface area contributed by atoms with E-state index in [-0.39, 0.29) is 5.91 Å². The first-order valence-corrected chi connectivity index (χ1v) is 12.9. The molecule has 0 N–H and O–H groups in total. The molecule has 1 aliphatic rings. The highest BCUT2D eigenvalue weighted by molar-refractivity contribution is 7.22. The van der Waals surface area contributed by atoms with Gasteiger partial charge in [0, 0.05) is 26.2 Å². The number of carbonyl (C=O) groups is 1. The molecule has 5 rings (SSSR count). The lowest BCUT2D eigenvalue weighted by atomic mass is 10.1. The zero-order valence-corrected chi connectivity index (χ0v) is 21.3. The van der Waals surface area contributed by atoms with E-state index in [4.69, 9.17) is 9.72 Å². The number of hydrogen-bond acceptors (Lipinski definition) is 6. The molecule has 0 radical (unpaired) electrons. The highest BCUT2D eigenvalue weighted by atomic mass is 32.1. The standard InChI is InChI=1S/C27H31N5O2S/c1-19-16-20(2)25-24(17-19)29-27(35-25)31(11-7-10-30-12-14-34-15-13-30)26(33)23-18-28-32(21(23)3)22-8-5-4-6-9-22/h4-6,8-9,16-18H,7,10-15H2,1-3H3. The van der Waals surface area contributed by atoms with Gasteiger partial charge in [0.25, 0.3) is 5.91 Å². The molecule has 7 nitrogen and oxygen atoms in total. The van der Waals surface area contributed by atoms with Crippen molar-refractivity contribution in [3.05, 3.63) is 71.0 Å². The molecule has 8 heteroatoms. The van der Waals surface area contributed by atoms with Crippen molar-refractivity contribution in [3.8, 4) is 5.69 Å². The number of aromatic nitrogens is 3. The van der Waals surface area contributed by atoms with Gasteiger partial charge in [-0.05, 0) is 56.5 Å². The van der Waals surface area contributed by atoms with E-state index in [2.05, 4.69) is 36.0 Å². The number of nitrogens with zero attached hydrogens (tertiary/aromatic N) is 5. The number of morpholine rings is 1. The Labute approximate surface area is 209 Å². The summed E-state index contributed by atoms with van der Waals surface area (Å²) < 4.78 is 8.43. The lowest BCUT2D eigenvalue weighted by molar-refractivity contribution is 0.0376. The third kappa shape index (κ3) is 5.00. The quantitative estimate of drug-likeness (QED) is 0.374. The van der Waals surface area contributed by atoms with Crippen molar-refractivity contribution in [1.82, 2.24) is 19.7 Å². The Bertz CT molecular complexity index is 1320. The largest absolute Gasteiger partial charge is 0.379 e. The van der Waals surface area contributed by atoms with E-state index in [9.17, 15) is 4.79 Å². The fraction of sp³-hybridized carbons (Fsp3) is 0.370. The lowest BCUT2D eigenvalue weighted by Gasteiger charge is -2.27. The summed E-state index contributed by atoms with van der Waals surface area (Å²) in [5, 5.41) is 5.28. The average Bonchev–Trinajstić information content (AvgIpc) is 3.46. The Balaban J connectivity index is 1.45. The molecule has 1 aliphatic heterocycles. The van der Waals surface area contributed by atoms with E-state index in [1.807, 2.05) is 46.8 Å². The van der Waals surface area contributed by atoms with E-state index in [0.717, 1.165) is 66.0 Å². The minimum absolute atomic E-state index is 0.0555. The topological polar surface area (TPSA) is 63.5 Å². The van der Waals surface area contributed by atoms with Crippen LogP contribution in [0.25, 0.3) is 15.9 Å². The second kappa shape index (κ2) is 10.3. The summed E-state index contributed by atoms with van der Waals surface area (Å²) in [5.41, 5.74) is 5.69. The fourth-order valence-electron chi connectivity index (χ4n) is 4.64. The normalized spacial score (nSPS) is 14.5. The van der Waals surface area contributed by atoms with E-state index in [1.165, 1.54) is 11.1 Å². The Morgan fingerprint density at radius 1 is 1.11 bits per heavy atom. The molecule has 1 fully saturated rings. The van der Waals surface area contributed by atoms with Gasteiger partial charge in [-0.2, -0.15) is 5.10 Å². The van der Waals surface area contributed by atoms with Crippen LogP contribution >= 0.6 is 11.3 Å². The van der Waals surface area contributed by atoms with Gasteiger partial charge in [-0.15, -0.1) is 0 Å². The van der Waals surface area contributed by atoms with Crippen molar-refractivity contribution in [3.63, 3.8) is 0 Å². The Hall–Kier alpha value is -3.07. The maximum Gasteiger partial charge on any atom is 0.263 e. The lowest BCUT2D eigenvalue weighted by Crippen LogP contribution is -2.39. The Morgan fingerprint density at radius 3 is 2.66 bits per heavy atom. The monoisotopic (exact) mass is 489 g/mol. The highest BCUT2D eigenvalue weighted by Crippen LogP contribution is 2.33. The molecule has 0 atom stereocenters. The second-order valence-corrected chi connectivity index (χ2v) is 10.1. The highest BCUT2D eigenvalue weighted by Gasteiger charge is 2.25. The zero-order chi connectivity index (χ0) is 24.4. The smallest absolute Gasteiger partial charge is 0.263 e. The van der Waals surface area contributed by atoms with Crippen LogP contribution in [0, 0.1) is 20.8 Å². The molecule has 182 valence electrons. The van der Waals surface area contributed by atoms with Crippen molar-refractivity contribution in [2.24, 2.45) is 0 Å². The van der Waals surface area contributed by atoms with Crippen LogP contribution in [0.15, 0.2) is 48.7 Å². The summed E-state index contributed by atoms with van der Waals surface area (Å²) in [5.74, 6) is -0.0555. The Morgan fingerprint density at radius 2 is 1.89 bits per heavy atom. The number of hydrogen-bond donors (Lipinski definition) is 0. The maximum atomic E-state index is 13.9. The van der Waals surface area contributed by atoms with Crippen LogP contribution in [0.5, 0.6) is 0 Å². The van der Waals surface area contributed by atoms with Gasteiger partial charge in [0.05, 0.1) is 46.6 Å². The van der Waals surface area contributed by atoms with E-state index >= 15 is 0 Å². The second-order valence-electron chi connectivity index (χ2n) is 9.08. The van der Waals surface area contributed by atoms with Gasteiger partial charge in [-0.3, -0.25) is 14.6 Å². The summed E-state index contributed by atoms with van der Waals surface area (Å²) in [6, 6.07) is 14.2. The number of rotatable bonds is 7. The van der Waals surface area contributed by atoms with E-state index < -0.39 is 0 Å². The molecule has 0 saturated carbocycles. The number of para-hydroxylation sites is 1. The number of ether oxygens (including phenoxy) is 1. The molecular formula is C27H31N5O2S. The molecule has 3 heterocycles. The van der Waals surface area contributed by atoms with Crippen molar-refractivity contribution < 1.29 is 9.53 Å². The molecular weight excluding hydrogens is 458 g/mol. The van der Waals surface area contributed by atoms with Gasteiger partial charge in [-0.25, -0.2) is 9.67 Å². The van der Waals surface area contributed by atoms with Gasteiger partial charge in [-0.1, -0.05) is 35.6 Å².